The zero-order valence-electron chi connectivity index (χ0n) is 11.6. The van der Waals surface area contributed by atoms with E-state index in [9.17, 15) is 9.90 Å². The fourth-order valence-electron chi connectivity index (χ4n) is 1.92. The number of halogens is 2. The Balaban J connectivity index is 1.96. The summed E-state index contributed by atoms with van der Waals surface area (Å²) >= 11 is 9.30. The molecule has 1 amide bonds. The lowest BCUT2D eigenvalue weighted by atomic mass is 10.1. The zero-order chi connectivity index (χ0) is 15.9. The molecular formula is C16H15BrClNO3. The van der Waals surface area contributed by atoms with Gasteiger partial charge >= 0.3 is 6.09 Å². The molecule has 0 unspecified atom stereocenters. The molecule has 0 radical (unpaired) electrons. The van der Waals surface area contributed by atoms with E-state index in [1.165, 1.54) is 0 Å². The number of carbonyl (C=O) groups excluding carboxylic acids is 1. The molecule has 0 spiro atoms. The van der Waals surface area contributed by atoms with Crippen molar-refractivity contribution in [2.45, 2.75) is 12.6 Å². The number of rotatable bonds is 5. The summed E-state index contributed by atoms with van der Waals surface area (Å²) in [6, 6.07) is 14.0. The van der Waals surface area contributed by atoms with Crippen molar-refractivity contribution in [3.05, 3.63) is 69.2 Å². The van der Waals surface area contributed by atoms with Crippen LogP contribution in [0.3, 0.4) is 0 Å². The topological polar surface area (TPSA) is 58.6 Å². The van der Waals surface area contributed by atoms with Crippen LogP contribution in [0.25, 0.3) is 0 Å². The quantitative estimate of drug-likeness (QED) is 0.817. The van der Waals surface area contributed by atoms with E-state index in [0.717, 1.165) is 10.0 Å². The molecular weight excluding hydrogens is 370 g/mol. The molecule has 0 aliphatic rings. The molecule has 0 bridgehead atoms. The fraction of sp³-hybridized carbons (Fsp3) is 0.188. The summed E-state index contributed by atoms with van der Waals surface area (Å²) in [5.41, 5.74) is 1.59. The second-order valence-electron chi connectivity index (χ2n) is 4.64. The summed E-state index contributed by atoms with van der Waals surface area (Å²) in [6.07, 6.45) is -0.598. The van der Waals surface area contributed by atoms with E-state index < -0.39 is 12.1 Å². The predicted molar refractivity (Wildman–Crippen MR) is 88.7 cm³/mol. The third kappa shape index (κ3) is 5.02. The summed E-state index contributed by atoms with van der Waals surface area (Å²) in [4.78, 5) is 11.8. The van der Waals surface area contributed by atoms with E-state index in [-0.39, 0.29) is 13.2 Å². The predicted octanol–water partition coefficient (Wildman–Crippen LogP) is 4.06. The van der Waals surface area contributed by atoms with Gasteiger partial charge in [-0.15, -0.1) is 0 Å². The van der Waals surface area contributed by atoms with Gasteiger partial charge in [0.25, 0.3) is 0 Å². The summed E-state index contributed by atoms with van der Waals surface area (Å²) in [5, 5.41) is 12.6. The van der Waals surface area contributed by atoms with Gasteiger partial charge in [-0.3, -0.25) is 0 Å². The molecule has 116 valence electrons. The fourth-order valence-corrected chi connectivity index (χ4v) is 2.80. The van der Waals surface area contributed by atoms with Gasteiger partial charge in [-0.25, -0.2) is 4.79 Å². The highest BCUT2D eigenvalue weighted by molar-refractivity contribution is 9.10. The van der Waals surface area contributed by atoms with E-state index >= 15 is 0 Å². The van der Waals surface area contributed by atoms with Crippen LogP contribution < -0.4 is 5.32 Å². The molecule has 0 aromatic heterocycles. The molecule has 0 aliphatic heterocycles. The van der Waals surface area contributed by atoms with Crippen molar-refractivity contribution < 1.29 is 14.6 Å². The second-order valence-corrected chi connectivity index (χ2v) is 6.00. The first-order valence-electron chi connectivity index (χ1n) is 6.62. The Bertz CT molecular complexity index is 616. The van der Waals surface area contributed by atoms with Gasteiger partial charge in [-0.05, 0) is 29.3 Å². The smallest absolute Gasteiger partial charge is 0.408 e. The van der Waals surface area contributed by atoms with Crippen LogP contribution in [0, 0.1) is 0 Å². The molecule has 2 aromatic carbocycles. The Morgan fingerprint density at radius 1 is 1.27 bits per heavy atom. The summed E-state index contributed by atoms with van der Waals surface area (Å²) < 4.78 is 5.91. The minimum atomic E-state index is -0.598. The first-order chi connectivity index (χ1) is 10.6. The molecule has 0 saturated carbocycles. The van der Waals surface area contributed by atoms with E-state index in [4.69, 9.17) is 16.3 Å². The molecule has 0 fully saturated rings. The first-order valence-corrected chi connectivity index (χ1v) is 7.79. The standard InChI is InChI=1S/C16H15BrClNO3/c17-13-6-12(7-14(18)8-13)15(9-20)19-16(21)22-10-11-4-2-1-3-5-11/h1-8,15,20H,9-10H2,(H,19,21)/t15-/m0/s1. The molecule has 0 heterocycles. The lowest BCUT2D eigenvalue weighted by Crippen LogP contribution is -2.31. The maximum atomic E-state index is 11.8. The van der Waals surface area contributed by atoms with Crippen LogP contribution in [-0.2, 0) is 11.3 Å². The normalized spacial score (nSPS) is 11.8. The van der Waals surface area contributed by atoms with Gasteiger partial charge in [-0.2, -0.15) is 0 Å². The van der Waals surface area contributed by atoms with Crippen molar-refractivity contribution in [2.24, 2.45) is 0 Å². The SMILES string of the molecule is O=C(N[C@@H](CO)c1cc(Cl)cc(Br)c1)OCc1ccccc1. The number of alkyl carbamates (subject to hydrolysis) is 1. The Morgan fingerprint density at radius 3 is 2.64 bits per heavy atom. The van der Waals surface area contributed by atoms with E-state index in [1.807, 2.05) is 30.3 Å². The Hall–Kier alpha value is -1.56. The second kappa shape index (κ2) is 8.17. The molecule has 0 saturated heterocycles. The van der Waals surface area contributed by atoms with Crippen LogP contribution in [-0.4, -0.2) is 17.8 Å². The first kappa shape index (κ1) is 16.8. The number of nitrogens with one attached hydrogen (secondary N) is 1. The molecule has 4 nitrogen and oxygen atoms in total. The average Bonchev–Trinajstić information content (AvgIpc) is 2.50. The lowest BCUT2D eigenvalue weighted by Gasteiger charge is -2.17. The van der Waals surface area contributed by atoms with Gasteiger partial charge in [0.2, 0.25) is 0 Å². The van der Waals surface area contributed by atoms with Gasteiger partial charge in [0.1, 0.15) is 6.61 Å². The van der Waals surface area contributed by atoms with Crippen LogP contribution in [0.5, 0.6) is 0 Å². The number of amides is 1. The molecule has 6 heteroatoms. The highest BCUT2D eigenvalue weighted by Crippen LogP contribution is 2.24. The van der Waals surface area contributed by atoms with Gasteiger partial charge < -0.3 is 15.2 Å². The maximum absolute atomic E-state index is 11.8. The third-order valence-electron chi connectivity index (χ3n) is 2.97. The number of hydrogen-bond acceptors (Lipinski definition) is 3. The lowest BCUT2D eigenvalue weighted by molar-refractivity contribution is 0.129. The van der Waals surface area contributed by atoms with Crippen molar-refractivity contribution in [2.75, 3.05) is 6.61 Å². The van der Waals surface area contributed by atoms with Crippen LogP contribution in [0.1, 0.15) is 17.2 Å². The van der Waals surface area contributed by atoms with Crippen molar-refractivity contribution in [1.29, 1.82) is 0 Å². The van der Waals surface area contributed by atoms with E-state index in [1.54, 1.807) is 18.2 Å². The van der Waals surface area contributed by atoms with Crippen LogP contribution >= 0.6 is 27.5 Å². The maximum Gasteiger partial charge on any atom is 0.408 e. The van der Waals surface area contributed by atoms with Crippen LogP contribution in [0.15, 0.2) is 53.0 Å². The number of aliphatic hydroxyl groups is 1. The van der Waals surface area contributed by atoms with Crippen molar-refractivity contribution in [1.82, 2.24) is 5.32 Å². The van der Waals surface area contributed by atoms with Gasteiger partial charge in [-0.1, -0.05) is 57.9 Å². The molecule has 2 aromatic rings. The summed E-state index contributed by atoms with van der Waals surface area (Å²) in [5.74, 6) is 0. The minimum Gasteiger partial charge on any atom is -0.445 e. The number of ether oxygens (including phenoxy) is 1. The number of hydrogen-bond donors (Lipinski definition) is 2. The number of aliphatic hydroxyl groups excluding tert-OH is 1. The Labute approximate surface area is 142 Å². The minimum absolute atomic E-state index is 0.171. The van der Waals surface area contributed by atoms with Crippen molar-refractivity contribution in [3.8, 4) is 0 Å². The largest absolute Gasteiger partial charge is 0.445 e. The molecule has 2 N–H and O–H groups in total. The highest BCUT2D eigenvalue weighted by atomic mass is 79.9. The average molecular weight is 385 g/mol. The molecule has 1 atom stereocenters. The van der Waals surface area contributed by atoms with E-state index in [2.05, 4.69) is 21.2 Å². The van der Waals surface area contributed by atoms with Crippen molar-refractivity contribution >= 4 is 33.6 Å². The summed E-state index contributed by atoms with van der Waals surface area (Å²) in [6.45, 7) is -0.0860. The number of carbonyl (C=O) groups is 1. The molecule has 22 heavy (non-hydrogen) atoms. The van der Waals surface area contributed by atoms with Gasteiger partial charge in [0.05, 0.1) is 12.6 Å². The van der Waals surface area contributed by atoms with Gasteiger partial charge in [0.15, 0.2) is 0 Å². The Kier molecular flexibility index (Phi) is 6.24. The molecule has 2 rings (SSSR count). The van der Waals surface area contributed by atoms with Gasteiger partial charge in [0, 0.05) is 9.50 Å². The number of benzene rings is 2. The monoisotopic (exact) mass is 383 g/mol. The van der Waals surface area contributed by atoms with Crippen LogP contribution in [0.2, 0.25) is 5.02 Å². The van der Waals surface area contributed by atoms with Crippen molar-refractivity contribution in [3.63, 3.8) is 0 Å². The summed E-state index contributed by atoms with van der Waals surface area (Å²) in [7, 11) is 0. The van der Waals surface area contributed by atoms with E-state index in [0.29, 0.717) is 10.6 Å². The Morgan fingerprint density at radius 2 is 2.00 bits per heavy atom. The molecule has 0 aliphatic carbocycles. The third-order valence-corrected chi connectivity index (χ3v) is 3.65. The van der Waals surface area contributed by atoms with Crippen LogP contribution in [0.4, 0.5) is 4.79 Å². The zero-order valence-corrected chi connectivity index (χ0v) is 14.0. The highest BCUT2D eigenvalue weighted by Gasteiger charge is 2.15.